The van der Waals surface area contributed by atoms with E-state index in [0.29, 0.717) is 25.3 Å². The highest BCUT2D eigenvalue weighted by molar-refractivity contribution is 5.94. The SMILES string of the molecule is CCOC(=O)[C@@H]1CCCN(C(=O)c2cnn(-c3ccccc3)c2)C1. The number of hydrogen-bond donors (Lipinski definition) is 0. The fourth-order valence-corrected chi connectivity index (χ4v) is 2.95. The molecule has 2 aromatic rings. The van der Waals surface area contributed by atoms with E-state index in [4.69, 9.17) is 4.74 Å². The Morgan fingerprint density at radius 3 is 2.83 bits per heavy atom. The smallest absolute Gasteiger partial charge is 0.310 e. The van der Waals surface area contributed by atoms with Gasteiger partial charge in [0.05, 0.1) is 30.0 Å². The number of piperidine rings is 1. The monoisotopic (exact) mass is 327 g/mol. The molecule has 0 bridgehead atoms. The molecular formula is C18H21N3O3. The third kappa shape index (κ3) is 3.48. The molecule has 6 nitrogen and oxygen atoms in total. The number of amides is 1. The van der Waals surface area contributed by atoms with Gasteiger partial charge in [-0.15, -0.1) is 0 Å². The Morgan fingerprint density at radius 2 is 2.08 bits per heavy atom. The van der Waals surface area contributed by atoms with Crippen LogP contribution in [0.1, 0.15) is 30.1 Å². The molecule has 126 valence electrons. The number of benzene rings is 1. The molecule has 3 rings (SSSR count). The quantitative estimate of drug-likeness (QED) is 0.808. The Bertz CT molecular complexity index is 711. The highest BCUT2D eigenvalue weighted by Crippen LogP contribution is 2.20. The summed E-state index contributed by atoms with van der Waals surface area (Å²) in [6.45, 7) is 3.23. The molecule has 1 aliphatic rings. The van der Waals surface area contributed by atoms with Crippen molar-refractivity contribution in [1.29, 1.82) is 0 Å². The predicted octanol–water partition coefficient (Wildman–Crippen LogP) is 2.29. The lowest BCUT2D eigenvalue weighted by Gasteiger charge is -2.31. The number of nitrogens with zero attached hydrogens (tertiary/aromatic N) is 3. The van der Waals surface area contributed by atoms with Crippen molar-refractivity contribution < 1.29 is 14.3 Å². The largest absolute Gasteiger partial charge is 0.466 e. The van der Waals surface area contributed by atoms with Crippen molar-refractivity contribution in [2.75, 3.05) is 19.7 Å². The molecule has 0 spiro atoms. The van der Waals surface area contributed by atoms with E-state index in [0.717, 1.165) is 18.5 Å². The van der Waals surface area contributed by atoms with Crippen molar-refractivity contribution in [3.63, 3.8) is 0 Å². The van der Waals surface area contributed by atoms with E-state index in [1.54, 1.807) is 28.9 Å². The number of likely N-dealkylation sites (tertiary alicyclic amines) is 1. The number of para-hydroxylation sites is 1. The molecule has 1 fully saturated rings. The summed E-state index contributed by atoms with van der Waals surface area (Å²) in [5, 5.41) is 4.26. The number of aromatic nitrogens is 2. The van der Waals surface area contributed by atoms with Crippen LogP contribution in [0.4, 0.5) is 0 Å². The van der Waals surface area contributed by atoms with Gasteiger partial charge in [-0.1, -0.05) is 18.2 Å². The van der Waals surface area contributed by atoms with Crippen LogP contribution in [-0.2, 0) is 9.53 Å². The summed E-state index contributed by atoms with van der Waals surface area (Å²) in [4.78, 5) is 26.3. The molecule has 0 radical (unpaired) electrons. The minimum Gasteiger partial charge on any atom is -0.466 e. The molecule has 0 N–H and O–H groups in total. The first-order valence-electron chi connectivity index (χ1n) is 8.25. The highest BCUT2D eigenvalue weighted by atomic mass is 16.5. The van der Waals surface area contributed by atoms with Gasteiger partial charge >= 0.3 is 5.97 Å². The Kier molecular flexibility index (Phi) is 4.93. The average molecular weight is 327 g/mol. The van der Waals surface area contributed by atoms with Gasteiger partial charge in [0, 0.05) is 19.3 Å². The topological polar surface area (TPSA) is 64.4 Å². The molecule has 1 aromatic heterocycles. The predicted molar refractivity (Wildman–Crippen MR) is 88.8 cm³/mol. The van der Waals surface area contributed by atoms with Crippen molar-refractivity contribution in [2.45, 2.75) is 19.8 Å². The Hall–Kier alpha value is -2.63. The van der Waals surface area contributed by atoms with E-state index in [1.807, 2.05) is 30.3 Å². The Morgan fingerprint density at radius 1 is 1.29 bits per heavy atom. The lowest BCUT2D eigenvalue weighted by Crippen LogP contribution is -2.42. The van der Waals surface area contributed by atoms with Crippen LogP contribution in [0.2, 0.25) is 0 Å². The highest BCUT2D eigenvalue weighted by Gasteiger charge is 2.30. The molecule has 1 aromatic carbocycles. The van der Waals surface area contributed by atoms with Gasteiger partial charge in [0.2, 0.25) is 0 Å². The summed E-state index contributed by atoms with van der Waals surface area (Å²) in [5.41, 5.74) is 1.43. The first-order chi connectivity index (χ1) is 11.7. The third-order valence-electron chi connectivity index (χ3n) is 4.18. The second-order valence-corrected chi connectivity index (χ2v) is 5.85. The van der Waals surface area contributed by atoms with Gasteiger partial charge in [-0.2, -0.15) is 5.10 Å². The van der Waals surface area contributed by atoms with Crippen LogP contribution < -0.4 is 0 Å². The lowest BCUT2D eigenvalue weighted by molar-refractivity contribution is -0.149. The van der Waals surface area contributed by atoms with Crippen molar-refractivity contribution in [3.8, 4) is 5.69 Å². The number of ether oxygens (including phenoxy) is 1. The van der Waals surface area contributed by atoms with Crippen molar-refractivity contribution in [2.24, 2.45) is 5.92 Å². The van der Waals surface area contributed by atoms with Crippen LogP contribution in [0.25, 0.3) is 5.69 Å². The fourth-order valence-electron chi connectivity index (χ4n) is 2.95. The number of esters is 1. The molecule has 0 unspecified atom stereocenters. The van der Waals surface area contributed by atoms with Crippen LogP contribution in [0, 0.1) is 5.92 Å². The molecule has 24 heavy (non-hydrogen) atoms. The molecule has 0 aliphatic carbocycles. The Balaban J connectivity index is 1.70. The fraction of sp³-hybridized carbons (Fsp3) is 0.389. The maximum atomic E-state index is 12.7. The molecule has 1 atom stereocenters. The lowest BCUT2D eigenvalue weighted by atomic mass is 9.98. The minimum absolute atomic E-state index is 0.0915. The zero-order valence-corrected chi connectivity index (χ0v) is 13.7. The second kappa shape index (κ2) is 7.29. The van der Waals surface area contributed by atoms with E-state index in [2.05, 4.69) is 5.10 Å². The van der Waals surface area contributed by atoms with Gasteiger partial charge in [0.1, 0.15) is 0 Å². The third-order valence-corrected chi connectivity index (χ3v) is 4.18. The van der Waals surface area contributed by atoms with Crippen LogP contribution in [-0.4, -0.2) is 46.3 Å². The standard InChI is InChI=1S/C18H21N3O3/c1-2-24-18(23)14-7-6-10-20(12-14)17(22)15-11-19-21(13-15)16-8-4-3-5-9-16/h3-5,8-9,11,13-14H,2,6-7,10,12H2,1H3/t14-/m1/s1. The molecule has 2 heterocycles. The van der Waals surface area contributed by atoms with Gasteiger partial charge < -0.3 is 9.64 Å². The van der Waals surface area contributed by atoms with E-state index in [1.165, 1.54) is 0 Å². The molecule has 0 saturated carbocycles. The normalized spacial score (nSPS) is 17.5. The van der Waals surface area contributed by atoms with E-state index in [-0.39, 0.29) is 17.8 Å². The van der Waals surface area contributed by atoms with E-state index < -0.39 is 0 Å². The second-order valence-electron chi connectivity index (χ2n) is 5.85. The Labute approximate surface area is 141 Å². The van der Waals surface area contributed by atoms with Crippen LogP contribution in [0.3, 0.4) is 0 Å². The van der Waals surface area contributed by atoms with Crippen molar-refractivity contribution >= 4 is 11.9 Å². The maximum absolute atomic E-state index is 12.7. The van der Waals surface area contributed by atoms with E-state index in [9.17, 15) is 9.59 Å². The van der Waals surface area contributed by atoms with Crippen LogP contribution in [0.5, 0.6) is 0 Å². The van der Waals surface area contributed by atoms with Gasteiger partial charge in [-0.05, 0) is 31.9 Å². The summed E-state index contributed by atoms with van der Waals surface area (Å²) in [6.07, 6.45) is 4.88. The number of carbonyl (C=O) groups excluding carboxylic acids is 2. The van der Waals surface area contributed by atoms with Crippen molar-refractivity contribution in [3.05, 3.63) is 48.3 Å². The average Bonchev–Trinajstić information content (AvgIpc) is 3.12. The van der Waals surface area contributed by atoms with Crippen LogP contribution >= 0.6 is 0 Å². The first-order valence-corrected chi connectivity index (χ1v) is 8.25. The molecule has 6 heteroatoms. The molecule has 1 saturated heterocycles. The number of rotatable bonds is 4. The first kappa shape index (κ1) is 16.2. The molecule has 1 aliphatic heterocycles. The zero-order chi connectivity index (χ0) is 16.9. The van der Waals surface area contributed by atoms with Gasteiger partial charge in [-0.25, -0.2) is 4.68 Å². The van der Waals surface area contributed by atoms with Gasteiger partial charge in [0.25, 0.3) is 5.91 Å². The number of hydrogen-bond acceptors (Lipinski definition) is 4. The molecule has 1 amide bonds. The van der Waals surface area contributed by atoms with Crippen LogP contribution in [0.15, 0.2) is 42.7 Å². The summed E-state index contributed by atoms with van der Waals surface area (Å²) < 4.78 is 6.76. The maximum Gasteiger partial charge on any atom is 0.310 e. The van der Waals surface area contributed by atoms with Gasteiger partial charge in [-0.3, -0.25) is 9.59 Å². The van der Waals surface area contributed by atoms with E-state index >= 15 is 0 Å². The summed E-state index contributed by atoms with van der Waals surface area (Å²) in [6, 6.07) is 9.64. The summed E-state index contributed by atoms with van der Waals surface area (Å²) >= 11 is 0. The van der Waals surface area contributed by atoms with Gasteiger partial charge in [0.15, 0.2) is 0 Å². The molecular weight excluding hydrogens is 306 g/mol. The zero-order valence-electron chi connectivity index (χ0n) is 13.7. The number of carbonyl (C=O) groups is 2. The summed E-state index contributed by atoms with van der Waals surface area (Å²) in [7, 11) is 0. The van der Waals surface area contributed by atoms with Crippen molar-refractivity contribution in [1.82, 2.24) is 14.7 Å². The summed E-state index contributed by atoms with van der Waals surface area (Å²) in [5.74, 6) is -0.534. The minimum atomic E-state index is -0.230.